The SMILES string of the molecule is CC(=O)NC(Cc1ccc(F)cc1)C(=O)N1CCN(C(=O)Nc2ccc(C)cc2)CC1. The number of urea groups is 1. The fourth-order valence-corrected chi connectivity index (χ4v) is 3.49. The van der Waals surface area contributed by atoms with Crippen LogP contribution in [0.1, 0.15) is 18.1 Å². The van der Waals surface area contributed by atoms with Gasteiger partial charge in [-0.05, 0) is 36.8 Å². The average molecular weight is 426 g/mol. The molecule has 0 spiro atoms. The molecule has 0 aromatic heterocycles. The Balaban J connectivity index is 1.57. The van der Waals surface area contributed by atoms with Gasteiger partial charge in [-0.3, -0.25) is 9.59 Å². The Hall–Kier alpha value is -3.42. The molecule has 8 heteroatoms. The fraction of sp³-hybridized carbons (Fsp3) is 0.348. The van der Waals surface area contributed by atoms with Crippen LogP contribution < -0.4 is 10.6 Å². The molecule has 1 aliphatic rings. The number of benzene rings is 2. The quantitative estimate of drug-likeness (QED) is 0.771. The number of nitrogens with one attached hydrogen (secondary N) is 2. The Kier molecular flexibility index (Phi) is 7.23. The minimum absolute atomic E-state index is 0.208. The van der Waals surface area contributed by atoms with Gasteiger partial charge < -0.3 is 20.4 Å². The molecule has 3 rings (SSSR count). The van der Waals surface area contributed by atoms with Gasteiger partial charge in [0.15, 0.2) is 0 Å². The van der Waals surface area contributed by atoms with Crippen molar-refractivity contribution < 1.29 is 18.8 Å². The van der Waals surface area contributed by atoms with Crippen LogP contribution in [0.4, 0.5) is 14.9 Å². The van der Waals surface area contributed by atoms with Crippen LogP contribution in [0.3, 0.4) is 0 Å². The molecule has 1 heterocycles. The first kappa shape index (κ1) is 22.3. The van der Waals surface area contributed by atoms with E-state index in [1.807, 2.05) is 31.2 Å². The number of carbonyl (C=O) groups is 3. The van der Waals surface area contributed by atoms with Crippen LogP contribution >= 0.6 is 0 Å². The van der Waals surface area contributed by atoms with Gasteiger partial charge in [-0.15, -0.1) is 0 Å². The van der Waals surface area contributed by atoms with Crippen LogP contribution in [-0.2, 0) is 16.0 Å². The van der Waals surface area contributed by atoms with Crippen LogP contribution in [0.5, 0.6) is 0 Å². The van der Waals surface area contributed by atoms with Gasteiger partial charge in [0.05, 0.1) is 0 Å². The third kappa shape index (κ3) is 6.28. The van der Waals surface area contributed by atoms with E-state index in [0.29, 0.717) is 26.2 Å². The van der Waals surface area contributed by atoms with E-state index in [-0.39, 0.29) is 30.1 Å². The highest BCUT2D eigenvalue weighted by Gasteiger charge is 2.29. The second kappa shape index (κ2) is 10.1. The maximum Gasteiger partial charge on any atom is 0.321 e. The normalized spacial score (nSPS) is 14.7. The van der Waals surface area contributed by atoms with Crippen molar-refractivity contribution in [1.82, 2.24) is 15.1 Å². The first-order valence-electron chi connectivity index (χ1n) is 10.2. The maximum absolute atomic E-state index is 13.2. The monoisotopic (exact) mass is 426 g/mol. The zero-order valence-corrected chi connectivity index (χ0v) is 17.7. The lowest BCUT2D eigenvalue weighted by Gasteiger charge is -2.36. The highest BCUT2D eigenvalue weighted by Crippen LogP contribution is 2.13. The summed E-state index contributed by atoms with van der Waals surface area (Å²) >= 11 is 0. The van der Waals surface area contributed by atoms with Crippen molar-refractivity contribution in [2.24, 2.45) is 0 Å². The molecular weight excluding hydrogens is 399 g/mol. The van der Waals surface area contributed by atoms with E-state index in [4.69, 9.17) is 0 Å². The van der Waals surface area contributed by atoms with Gasteiger partial charge in [0, 0.05) is 45.2 Å². The van der Waals surface area contributed by atoms with Crippen LogP contribution in [0.15, 0.2) is 48.5 Å². The highest BCUT2D eigenvalue weighted by atomic mass is 19.1. The first-order valence-corrected chi connectivity index (χ1v) is 10.2. The Morgan fingerprint density at radius 3 is 2.10 bits per heavy atom. The molecule has 164 valence electrons. The van der Waals surface area contributed by atoms with E-state index in [1.165, 1.54) is 19.1 Å². The van der Waals surface area contributed by atoms with Crippen molar-refractivity contribution in [2.75, 3.05) is 31.5 Å². The van der Waals surface area contributed by atoms with Crippen LogP contribution in [-0.4, -0.2) is 59.9 Å². The molecule has 1 atom stereocenters. The summed E-state index contributed by atoms with van der Waals surface area (Å²) in [4.78, 5) is 40.5. The van der Waals surface area contributed by atoms with Gasteiger partial charge >= 0.3 is 6.03 Å². The lowest BCUT2D eigenvalue weighted by atomic mass is 10.0. The second-order valence-corrected chi connectivity index (χ2v) is 7.69. The largest absolute Gasteiger partial charge is 0.344 e. The number of aryl methyl sites for hydroxylation is 1. The fourth-order valence-electron chi connectivity index (χ4n) is 3.49. The van der Waals surface area contributed by atoms with E-state index >= 15 is 0 Å². The van der Waals surface area contributed by atoms with Gasteiger partial charge in [-0.1, -0.05) is 29.8 Å². The number of halogens is 1. The Bertz CT molecular complexity index is 923. The number of carbonyl (C=O) groups excluding carboxylic acids is 3. The summed E-state index contributed by atoms with van der Waals surface area (Å²) in [6.45, 7) is 4.88. The predicted molar refractivity (Wildman–Crippen MR) is 116 cm³/mol. The number of rotatable bonds is 5. The van der Waals surface area contributed by atoms with Gasteiger partial charge in [0.1, 0.15) is 11.9 Å². The molecule has 0 saturated carbocycles. The number of amides is 4. The number of anilines is 1. The summed E-state index contributed by atoms with van der Waals surface area (Å²) in [5, 5.41) is 5.56. The number of hydrogen-bond donors (Lipinski definition) is 2. The maximum atomic E-state index is 13.2. The highest BCUT2D eigenvalue weighted by molar-refractivity contribution is 5.90. The second-order valence-electron chi connectivity index (χ2n) is 7.69. The van der Waals surface area contributed by atoms with Gasteiger partial charge in [-0.25, -0.2) is 9.18 Å². The summed E-state index contributed by atoms with van der Waals surface area (Å²) in [5.74, 6) is -0.874. The van der Waals surface area contributed by atoms with E-state index in [1.54, 1.807) is 21.9 Å². The summed E-state index contributed by atoms with van der Waals surface area (Å²) in [7, 11) is 0. The third-order valence-electron chi connectivity index (χ3n) is 5.21. The summed E-state index contributed by atoms with van der Waals surface area (Å²) < 4.78 is 13.2. The van der Waals surface area contributed by atoms with E-state index in [0.717, 1.165) is 16.8 Å². The molecule has 31 heavy (non-hydrogen) atoms. The van der Waals surface area contributed by atoms with Crippen LogP contribution in [0, 0.1) is 12.7 Å². The van der Waals surface area contributed by atoms with Crippen molar-refractivity contribution in [2.45, 2.75) is 26.3 Å². The number of hydrogen-bond acceptors (Lipinski definition) is 3. The molecule has 2 aromatic rings. The van der Waals surface area contributed by atoms with Gasteiger partial charge in [0.2, 0.25) is 11.8 Å². The van der Waals surface area contributed by atoms with Crippen molar-refractivity contribution in [1.29, 1.82) is 0 Å². The van der Waals surface area contributed by atoms with E-state index < -0.39 is 6.04 Å². The summed E-state index contributed by atoms with van der Waals surface area (Å²) in [6, 6.07) is 12.5. The Labute approximate surface area is 181 Å². The summed E-state index contributed by atoms with van der Waals surface area (Å²) in [6.07, 6.45) is 0.271. The predicted octanol–water partition coefficient (Wildman–Crippen LogP) is 2.56. The van der Waals surface area contributed by atoms with Crippen molar-refractivity contribution in [3.05, 3.63) is 65.5 Å². The number of piperazine rings is 1. The molecule has 0 radical (unpaired) electrons. The molecule has 1 fully saturated rings. The molecule has 0 aliphatic carbocycles. The molecule has 1 aliphatic heterocycles. The molecule has 2 aromatic carbocycles. The lowest BCUT2D eigenvalue weighted by Crippen LogP contribution is -2.56. The Morgan fingerprint density at radius 1 is 0.935 bits per heavy atom. The number of nitrogens with zero attached hydrogens (tertiary/aromatic N) is 2. The standard InChI is InChI=1S/C23H27FN4O3/c1-16-3-9-20(10-4-16)26-23(31)28-13-11-27(12-14-28)22(30)21(25-17(2)29)15-18-5-7-19(24)8-6-18/h3-10,21H,11-15H2,1-2H3,(H,25,29)(H,26,31). The first-order chi connectivity index (χ1) is 14.8. The summed E-state index contributed by atoms with van der Waals surface area (Å²) in [5.41, 5.74) is 2.59. The smallest absolute Gasteiger partial charge is 0.321 e. The zero-order valence-electron chi connectivity index (χ0n) is 17.7. The molecule has 4 amide bonds. The molecule has 1 unspecified atom stereocenters. The molecular formula is C23H27FN4O3. The van der Waals surface area contributed by atoms with Crippen molar-refractivity contribution in [3.8, 4) is 0 Å². The topological polar surface area (TPSA) is 81.8 Å². The van der Waals surface area contributed by atoms with Crippen LogP contribution in [0.25, 0.3) is 0 Å². The third-order valence-corrected chi connectivity index (χ3v) is 5.21. The molecule has 7 nitrogen and oxygen atoms in total. The molecule has 0 bridgehead atoms. The molecule has 2 N–H and O–H groups in total. The van der Waals surface area contributed by atoms with Crippen molar-refractivity contribution in [3.63, 3.8) is 0 Å². The van der Waals surface area contributed by atoms with Gasteiger partial charge in [-0.2, -0.15) is 0 Å². The van der Waals surface area contributed by atoms with Crippen molar-refractivity contribution >= 4 is 23.5 Å². The minimum Gasteiger partial charge on any atom is -0.344 e. The minimum atomic E-state index is -0.740. The van der Waals surface area contributed by atoms with Gasteiger partial charge in [0.25, 0.3) is 0 Å². The zero-order chi connectivity index (χ0) is 22.4. The van der Waals surface area contributed by atoms with E-state index in [2.05, 4.69) is 10.6 Å². The molecule has 1 saturated heterocycles. The average Bonchev–Trinajstić information content (AvgIpc) is 2.75. The Morgan fingerprint density at radius 2 is 1.52 bits per heavy atom. The van der Waals surface area contributed by atoms with Crippen LogP contribution in [0.2, 0.25) is 0 Å². The van der Waals surface area contributed by atoms with E-state index in [9.17, 15) is 18.8 Å². The lowest BCUT2D eigenvalue weighted by molar-refractivity contribution is -0.137.